The Morgan fingerprint density at radius 3 is 2.84 bits per heavy atom. The number of nitrogens with two attached hydrogens (primary N) is 1. The molecule has 1 heterocycles. The molecular formula is C12H17N3O3S. The van der Waals surface area contributed by atoms with Gasteiger partial charge in [-0.05, 0) is 26.2 Å². The fourth-order valence-corrected chi connectivity index (χ4v) is 3.03. The van der Waals surface area contributed by atoms with E-state index in [9.17, 15) is 9.59 Å². The van der Waals surface area contributed by atoms with Gasteiger partial charge in [0.25, 0.3) is 0 Å². The number of carboxylic acid groups (broad SMARTS) is 1. The van der Waals surface area contributed by atoms with Crippen LogP contribution < -0.4 is 11.1 Å². The summed E-state index contributed by atoms with van der Waals surface area (Å²) in [5, 5.41) is 13.8. The molecule has 1 fully saturated rings. The van der Waals surface area contributed by atoms with Gasteiger partial charge in [0.15, 0.2) is 5.69 Å². The summed E-state index contributed by atoms with van der Waals surface area (Å²) in [4.78, 5) is 26.7. The van der Waals surface area contributed by atoms with Gasteiger partial charge in [0.2, 0.25) is 5.91 Å². The number of nitrogens with zero attached hydrogens (tertiary/aromatic N) is 1. The van der Waals surface area contributed by atoms with Gasteiger partial charge in [0.05, 0.1) is 6.04 Å². The fourth-order valence-electron chi connectivity index (χ4n) is 2.23. The lowest BCUT2D eigenvalue weighted by Gasteiger charge is -2.15. The standard InChI is InChI=1S/C12H17N3O3S/c1-6(11-15-9(5-19-11)12(17)18)14-10(16)7-2-3-8(13)4-7/h5-8H,2-4,13H2,1H3,(H,14,16)(H,17,18). The molecule has 4 N–H and O–H groups in total. The SMILES string of the molecule is CC(NC(=O)C1CCC(N)C1)c1nc(C(=O)O)cs1. The van der Waals surface area contributed by atoms with Gasteiger partial charge in [-0.3, -0.25) is 4.79 Å². The Kier molecular flexibility index (Phi) is 4.16. The van der Waals surface area contributed by atoms with Crippen molar-refractivity contribution in [2.75, 3.05) is 0 Å². The minimum absolute atomic E-state index is 0.0176. The van der Waals surface area contributed by atoms with Crippen LogP contribution in [0.3, 0.4) is 0 Å². The Labute approximate surface area is 115 Å². The van der Waals surface area contributed by atoms with Crippen molar-refractivity contribution < 1.29 is 14.7 Å². The maximum absolute atomic E-state index is 12.0. The van der Waals surface area contributed by atoms with Crippen LogP contribution in [-0.4, -0.2) is 28.0 Å². The number of aromatic carboxylic acids is 1. The van der Waals surface area contributed by atoms with Gasteiger partial charge in [-0.1, -0.05) is 0 Å². The summed E-state index contributed by atoms with van der Waals surface area (Å²) < 4.78 is 0. The molecule has 6 nitrogen and oxygen atoms in total. The third-order valence-corrected chi connectivity index (χ3v) is 4.34. The van der Waals surface area contributed by atoms with Crippen molar-refractivity contribution in [2.45, 2.75) is 38.3 Å². The molecule has 1 amide bonds. The van der Waals surface area contributed by atoms with E-state index < -0.39 is 5.97 Å². The number of carbonyl (C=O) groups excluding carboxylic acids is 1. The summed E-state index contributed by atoms with van der Waals surface area (Å²) in [6.45, 7) is 1.80. The second-order valence-corrected chi connectivity index (χ2v) is 5.77. The lowest BCUT2D eigenvalue weighted by atomic mass is 10.1. The molecule has 2 rings (SSSR count). The van der Waals surface area contributed by atoms with E-state index >= 15 is 0 Å². The molecule has 0 saturated heterocycles. The number of hydrogen-bond donors (Lipinski definition) is 3. The highest BCUT2D eigenvalue weighted by atomic mass is 32.1. The van der Waals surface area contributed by atoms with Crippen LogP contribution in [0.15, 0.2) is 5.38 Å². The zero-order valence-electron chi connectivity index (χ0n) is 10.6. The summed E-state index contributed by atoms with van der Waals surface area (Å²) in [6.07, 6.45) is 2.42. The van der Waals surface area contributed by atoms with Crippen molar-refractivity contribution in [2.24, 2.45) is 11.7 Å². The second-order valence-electron chi connectivity index (χ2n) is 4.88. The van der Waals surface area contributed by atoms with Gasteiger partial charge < -0.3 is 16.2 Å². The zero-order chi connectivity index (χ0) is 14.0. The van der Waals surface area contributed by atoms with E-state index in [2.05, 4.69) is 10.3 Å². The van der Waals surface area contributed by atoms with Gasteiger partial charge in [0.1, 0.15) is 5.01 Å². The number of thiazole rings is 1. The van der Waals surface area contributed by atoms with Gasteiger partial charge >= 0.3 is 5.97 Å². The minimum atomic E-state index is -1.05. The Hall–Kier alpha value is -1.47. The highest BCUT2D eigenvalue weighted by molar-refractivity contribution is 7.09. The fraction of sp³-hybridized carbons (Fsp3) is 0.583. The molecule has 1 aromatic heterocycles. The Morgan fingerprint density at radius 2 is 2.32 bits per heavy atom. The molecule has 0 aliphatic heterocycles. The van der Waals surface area contributed by atoms with Crippen LogP contribution in [-0.2, 0) is 4.79 Å². The van der Waals surface area contributed by atoms with Crippen LogP contribution >= 0.6 is 11.3 Å². The lowest BCUT2D eigenvalue weighted by molar-refractivity contribution is -0.125. The lowest BCUT2D eigenvalue weighted by Crippen LogP contribution is -2.32. The zero-order valence-corrected chi connectivity index (χ0v) is 11.4. The molecule has 3 atom stereocenters. The van der Waals surface area contributed by atoms with E-state index in [4.69, 9.17) is 10.8 Å². The highest BCUT2D eigenvalue weighted by Gasteiger charge is 2.29. The first-order valence-corrected chi connectivity index (χ1v) is 7.10. The summed E-state index contributed by atoms with van der Waals surface area (Å²) in [6, 6.07) is -0.160. The molecule has 104 valence electrons. The predicted molar refractivity (Wildman–Crippen MR) is 70.9 cm³/mol. The Morgan fingerprint density at radius 1 is 1.58 bits per heavy atom. The van der Waals surface area contributed by atoms with E-state index in [-0.39, 0.29) is 29.6 Å². The molecule has 0 radical (unpaired) electrons. The van der Waals surface area contributed by atoms with Crippen molar-refractivity contribution in [3.63, 3.8) is 0 Å². The molecule has 1 aliphatic carbocycles. The van der Waals surface area contributed by atoms with Crippen molar-refractivity contribution in [3.8, 4) is 0 Å². The van der Waals surface area contributed by atoms with Crippen LogP contribution in [0.5, 0.6) is 0 Å². The molecule has 1 saturated carbocycles. The number of carboxylic acids is 1. The Bertz CT molecular complexity index is 488. The van der Waals surface area contributed by atoms with Crippen LogP contribution in [0.2, 0.25) is 0 Å². The first-order valence-electron chi connectivity index (χ1n) is 6.22. The van der Waals surface area contributed by atoms with Crippen molar-refractivity contribution in [1.82, 2.24) is 10.3 Å². The molecule has 1 aliphatic rings. The Balaban J connectivity index is 1.94. The van der Waals surface area contributed by atoms with Gasteiger partial charge in [0, 0.05) is 17.3 Å². The normalized spacial score (nSPS) is 24.1. The number of nitrogens with one attached hydrogen (secondary N) is 1. The number of rotatable bonds is 4. The smallest absolute Gasteiger partial charge is 0.355 e. The maximum atomic E-state index is 12.0. The summed E-state index contributed by atoms with van der Waals surface area (Å²) in [7, 11) is 0. The average Bonchev–Trinajstić information content (AvgIpc) is 2.96. The largest absolute Gasteiger partial charge is 0.476 e. The molecule has 1 aromatic rings. The third-order valence-electron chi connectivity index (χ3n) is 3.31. The summed E-state index contributed by atoms with van der Waals surface area (Å²) in [5.41, 5.74) is 5.80. The first kappa shape index (κ1) is 14.0. The van der Waals surface area contributed by atoms with E-state index in [0.29, 0.717) is 5.01 Å². The number of amides is 1. The van der Waals surface area contributed by atoms with Crippen LogP contribution in [0, 0.1) is 5.92 Å². The average molecular weight is 283 g/mol. The van der Waals surface area contributed by atoms with Crippen molar-refractivity contribution in [3.05, 3.63) is 16.1 Å². The monoisotopic (exact) mass is 283 g/mol. The minimum Gasteiger partial charge on any atom is -0.476 e. The third kappa shape index (κ3) is 3.30. The van der Waals surface area contributed by atoms with Crippen LogP contribution in [0.4, 0.5) is 0 Å². The first-order chi connectivity index (χ1) is 8.97. The van der Waals surface area contributed by atoms with Gasteiger partial charge in [-0.2, -0.15) is 0 Å². The number of aromatic nitrogens is 1. The molecule has 0 bridgehead atoms. The van der Waals surface area contributed by atoms with Crippen LogP contribution in [0.1, 0.15) is 47.7 Å². The van der Waals surface area contributed by atoms with Gasteiger partial charge in [-0.15, -0.1) is 11.3 Å². The van der Waals surface area contributed by atoms with Crippen molar-refractivity contribution in [1.29, 1.82) is 0 Å². The maximum Gasteiger partial charge on any atom is 0.355 e. The van der Waals surface area contributed by atoms with E-state index in [1.807, 2.05) is 0 Å². The molecular weight excluding hydrogens is 266 g/mol. The molecule has 7 heteroatoms. The predicted octanol–water partition coefficient (Wildman–Crippen LogP) is 1.15. The molecule has 0 spiro atoms. The van der Waals surface area contributed by atoms with Crippen molar-refractivity contribution >= 4 is 23.2 Å². The number of hydrogen-bond acceptors (Lipinski definition) is 5. The molecule has 19 heavy (non-hydrogen) atoms. The number of carbonyl (C=O) groups is 2. The van der Waals surface area contributed by atoms with Crippen LogP contribution in [0.25, 0.3) is 0 Å². The van der Waals surface area contributed by atoms with E-state index in [1.54, 1.807) is 6.92 Å². The highest BCUT2D eigenvalue weighted by Crippen LogP contribution is 2.25. The summed E-state index contributed by atoms with van der Waals surface area (Å²) in [5.74, 6) is -1.10. The van der Waals surface area contributed by atoms with E-state index in [0.717, 1.165) is 19.3 Å². The summed E-state index contributed by atoms with van der Waals surface area (Å²) >= 11 is 1.24. The van der Waals surface area contributed by atoms with E-state index in [1.165, 1.54) is 16.7 Å². The second kappa shape index (κ2) is 5.66. The van der Waals surface area contributed by atoms with Gasteiger partial charge in [-0.25, -0.2) is 9.78 Å². The topological polar surface area (TPSA) is 105 Å². The molecule has 3 unspecified atom stereocenters. The molecule has 0 aromatic carbocycles. The quantitative estimate of drug-likeness (QED) is 0.768.